The zero-order valence-electron chi connectivity index (χ0n) is 7.24. The molecule has 12 heavy (non-hydrogen) atoms. The Kier molecular flexibility index (Phi) is 6.20. The highest BCUT2D eigenvalue weighted by Gasteiger charge is 2.18. The molecule has 74 valence electrons. The predicted octanol–water partition coefficient (Wildman–Crippen LogP) is 2.35. The van der Waals surface area contributed by atoms with Crippen molar-refractivity contribution in [2.45, 2.75) is 38.0 Å². The van der Waals surface area contributed by atoms with Crippen LogP contribution in [-0.2, 0) is 4.57 Å². The summed E-state index contributed by atoms with van der Waals surface area (Å²) in [5.41, 5.74) is 0. The SMILES string of the molecule is CCCCCC(Cl)CP(=O)(O)O. The molecule has 0 fully saturated rings. The fourth-order valence-corrected chi connectivity index (χ4v) is 2.36. The normalized spacial score (nSPS) is 14.7. The lowest BCUT2D eigenvalue weighted by atomic mass is 10.2. The quantitative estimate of drug-likeness (QED) is 0.405. The molecule has 0 aromatic rings. The minimum Gasteiger partial charge on any atom is -0.324 e. The molecule has 0 aliphatic rings. The lowest BCUT2D eigenvalue weighted by molar-refractivity contribution is 0.371. The average Bonchev–Trinajstić information content (AvgIpc) is 1.84. The van der Waals surface area contributed by atoms with Crippen LogP contribution in [0.5, 0.6) is 0 Å². The summed E-state index contributed by atoms with van der Waals surface area (Å²) in [4.78, 5) is 17.1. The monoisotopic (exact) mass is 214 g/mol. The van der Waals surface area contributed by atoms with E-state index in [4.69, 9.17) is 21.4 Å². The molecular formula is C7H16ClO3P. The molecule has 2 N–H and O–H groups in total. The van der Waals surface area contributed by atoms with Gasteiger partial charge in [0.2, 0.25) is 0 Å². The third-order valence-corrected chi connectivity index (χ3v) is 3.06. The Morgan fingerprint density at radius 2 is 2.00 bits per heavy atom. The third kappa shape index (κ3) is 8.54. The van der Waals surface area contributed by atoms with Gasteiger partial charge in [-0.05, 0) is 6.42 Å². The van der Waals surface area contributed by atoms with Gasteiger partial charge in [0.15, 0.2) is 0 Å². The molecule has 0 radical (unpaired) electrons. The molecule has 5 heteroatoms. The van der Waals surface area contributed by atoms with E-state index in [0.29, 0.717) is 6.42 Å². The summed E-state index contributed by atoms with van der Waals surface area (Å²) in [5, 5.41) is -0.377. The van der Waals surface area contributed by atoms with Crippen LogP contribution in [0, 0.1) is 0 Å². The van der Waals surface area contributed by atoms with E-state index in [2.05, 4.69) is 6.92 Å². The second kappa shape index (κ2) is 5.98. The number of hydrogen-bond acceptors (Lipinski definition) is 1. The standard InChI is InChI=1S/C7H16ClO3P/c1-2-3-4-5-7(8)6-12(9,10)11/h7H,2-6H2,1H3,(H2,9,10,11). The largest absolute Gasteiger partial charge is 0.327 e. The molecule has 0 saturated heterocycles. The first-order valence-corrected chi connectivity index (χ1v) is 6.37. The van der Waals surface area contributed by atoms with Gasteiger partial charge < -0.3 is 9.79 Å². The highest BCUT2D eigenvalue weighted by atomic mass is 35.5. The zero-order chi connectivity index (χ0) is 9.61. The summed E-state index contributed by atoms with van der Waals surface area (Å²) in [6.45, 7) is 2.08. The van der Waals surface area contributed by atoms with E-state index >= 15 is 0 Å². The second-order valence-electron chi connectivity index (χ2n) is 2.94. The lowest BCUT2D eigenvalue weighted by Crippen LogP contribution is -2.05. The van der Waals surface area contributed by atoms with Crippen LogP contribution < -0.4 is 0 Å². The maximum Gasteiger partial charge on any atom is 0.327 e. The van der Waals surface area contributed by atoms with Gasteiger partial charge in [-0.2, -0.15) is 0 Å². The topological polar surface area (TPSA) is 57.5 Å². The second-order valence-corrected chi connectivity index (χ2v) is 5.25. The first kappa shape index (κ1) is 12.4. The van der Waals surface area contributed by atoms with Crippen LogP contribution in [-0.4, -0.2) is 21.3 Å². The summed E-state index contributed by atoms with van der Waals surface area (Å²) in [7, 11) is -3.90. The van der Waals surface area contributed by atoms with Crippen LogP contribution in [0.3, 0.4) is 0 Å². The van der Waals surface area contributed by atoms with Crippen molar-refractivity contribution in [1.29, 1.82) is 0 Å². The maximum absolute atomic E-state index is 10.5. The van der Waals surface area contributed by atoms with E-state index in [1.165, 1.54) is 0 Å². The average molecular weight is 215 g/mol. The van der Waals surface area contributed by atoms with E-state index in [9.17, 15) is 4.57 Å². The molecule has 0 aromatic carbocycles. The van der Waals surface area contributed by atoms with Crippen LogP contribution >= 0.6 is 19.2 Å². The lowest BCUT2D eigenvalue weighted by Gasteiger charge is -2.09. The van der Waals surface area contributed by atoms with Crippen LogP contribution in [0.25, 0.3) is 0 Å². The van der Waals surface area contributed by atoms with Crippen molar-refractivity contribution in [2.24, 2.45) is 0 Å². The maximum atomic E-state index is 10.5. The van der Waals surface area contributed by atoms with Gasteiger partial charge in [-0.1, -0.05) is 26.2 Å². The highest BCUT2D eigenvalue weighted by Crippen LogP contribution is 2.37. The zero-order valence-corrected chi connectivity index (χ0v) is 8.89. The van der Waals surface area contributed by atoms with Crippen molar-refractivity contribution in [3.63, 3.8) is 0 Å². The van der Waals surface area contributed by atoms with Gasteiger partial charge in [-0.25, -0.2) is 0 Å². The number of unbranched alkanes of at least 4 members (excludes halogenated alkanes) is 2. The molecule has 0 saturated carbocycles. The van der Waals surface area contributed by atoms with Crippen LogP contribution in [0.1, 0.15) is 32.6 Å². The van der Waals surface area contributed by atoms with Gasteiger partial charge in [0.05, 0.1) is 6.16 Å². The first-order valence-electron chi connectivity index (χ1n) is 4.14. The smallest absolute Gasteiger partial charge is 0.324 e. The number of alkyl halides is 1. The molecule has 0 aliphatic heterocycles. The number of rotatable bonds is 6. The Labute approximate surface area is 78.3 Å². The van der Waals surface area contributed by atoms with Crippen molar-refractivity contribution in [3.8, 4) is 0 Å². The van der Waals surface area contributed by atoms with E-state index in [1.807, 2.05) is 0 Å². The molecule has 0 spiro atoms. The van der Waals surface area contributed by atoms with Crippen molar-refractivity contribution in [3.05, 3.63) is 0 Å². The number of halogens is 1. The van der Waals surface area contributed by atoms with Gasteiger partial charge in [0.25, 0.3) is 0 Å². The summed E-state index contributed by atoms with van der Waals surface area (Å²) >= 11 is 5.71. The van der Waals surface area contributed by atoms with Crippen molar-refractivity contribution >= 4 is 19.2 Å². The molecule has 1 atom stereocenters. The Morgan fingerprint density at radius 3 is 2.42 bits per heavy atom. The van der Waals surface area contributed by atoms with Gasteiger partial charge in [-0.3, -0.25) is 4.57 Å². The molecule has 1 unspecified atom stereocenters. The Morgan fingerprint density at radius 1 is 1.42 bits per heavy atom. The van der Waals surface area contributed by atoms with Crippen molar-refractivity contribution < 1.29 is 14.4 Å². The molecule has 3 nitrogen and oxygen atoms in total. The minimum absolute atomic E-state index is 0.196. The Balaban J connectivity index is 3.46. The molecule has 0 heterocycles. The summed E-state index contributed by atoms with van der Waals surface area (Å²) < 4.78 is 10.5. The molecule has 0 aromatic heterocycles. The van der Waals surface area contributed by atoms with Gasteiger partial charge in [0, 0.05) is 5.38 Å². The van der Waals surface area contributed by atoms with Crippen LogP contribution in [0.15, 0.2) is 0 Å². The fraction of sp³-hybridized carbons (Fsp3) is 1.00. The first-order chi connectivity index (χ1) is 5.45. The van der Waals surface area contributed by atoms with Gasteiger partial charge in [-0.15, -0.1) is 11.6 Å². The Hall–Kier alpha value is 0.440. The highest BCUT2D eigenvalue weighted by molar-refractivity contribution is 7.51. The van der Waals surface area contributed by atoms with Crippen molar-refractivity contribution in [2.75, 3.05) is 6.16 Å². The minimum atomic E-state index is -3.90. The molecule has 0 bridgehead atoms. The third-order valence-electron chi connectivity index (χ3n) is 1.56. The summed E-state index contributed by atoms with van der Waals surface area (Å²) in [5.74, 6) is 0. The van der Waals surface area contributed by atoms with Crippen LogP contribution in [0.2, 0.25) is 0 Å². The van der Waals surface area contributed by atoms with E-state index < -0.39 is 7.60 Å². The van der Waals surface area contributed by atoms with Crippen LogP contribution in [0.4, 0.5) is 0 Å². The molecule has 0 aliphatic carbocycles. The fourth-order valence-electron chi connectivity index (χ4n) is 0.965. The molecule has 0 rings (SSSR count). The predicted molar refractivity (Wildman–Crippen MR) is 50.7 cm³/mol. The summed E-state index contributed by atoms with van der Waals surface area (Å²) in [6.07, 6.45) is 3.62. The molecule has 0 amide bonds. The van der Waals surface area contributed by atoms with E-state index in [-0.39, 0.29) is 11.5 Å². The number of hydrogen-bond donors (Lipinski definition) is 2. The van der Waals surface area contributed by atoms with E-state index in [0.717, 1.165) is 19.3 Å². The summed E-state index contributed by atoms with van der Waals surface area (Å²) in [6, 6.07) is 0. The van der Waals surface area contributed by atoms with E-state index in [1.54, 1.807) is 0 Å². The Bertz CT molecular complexity index is 157. The molecular weight excluding hydrogens is 199 g/mol. The van der Waals surface area contributed by atoms with Crippen molar-refractivity contribution in [1.82, 2.24) is 0 Å². The van der Waals surface area contributed by atoms with Gasteiger partial charge >= 0.3 is 7.60 Å². The van der Waals surface area contributed by atoms with Gasteiger partial charge in [0.1, 0.15) is 0 Å².